The van der Waals surface area contributed by atoms with Gasteiger partial charge in [0.05, 0.1) is 4.92 Å². The highest BCUT2D eigenvalue weighted by molar-refractivity contribution is 5.35. The highest BCUT2D eigenvalue weighted by Crippen LogP contribution is 2.22. The van der Waals surface area contributed by atoms with Gasteiger partial charge in [-0.2, -0.15) is 4.39 Å². The molecule has 6 heteroatoms. The van der Waals surface area contributed by atoms with E-state index in [9.17, 15) is 18.9 Å². The summed E-state index contributed by atoms with van der Waals surface area (Å²) in [6, 6.07) is 8.14. The molecule has 0 bridgehead atoms. The predicted molar refractivity (Wildman–Crippen MR) is 68.5 cm³/mol. The van der Waals surface area contributed by atoms with Crippen LogP contribution in [0.15, 0.2) is 36.4 Å². The minimum Gasteiger partial charge on any atom is -0.486 e. The molecule has 0 amide bonds. The largest absolute Gasteiger partial charge is 0.486 e. The molecule has 0 heterocycles. The number of benzene rings is 2. The van der Waals surface area contributed by atoms with Gasteiger partial charge in [0, 0.05) is 6.07 Å². The Bertz CT molecular complexity index is 659. The summed E-state index contributed by atoms with van der Waals surface area (Å²) in [5.41, 5.74) is 0.224. The van der Waals surface area contributed by atoms with Gasteiger partial charge in [0.25, 0.3) is 0 Å². The lowest BCUT2D eigenvalue weighted by Crippen LogP contribution is -2.00. The zero-order valence-electron chi connectivity index (χ0n) is 10.6. The number of hydrogen-bond acceptors (Lipinski definition) is 3. The van der Waals surface area contributed by atoms with Crippen LogP contribution in [0.25, 0.3) is 0 Å². The topological polar surface area (TPSA) is 52.4 Å². The Hall–Kier alpha value is -2.50. The molecule has 0 aliphatic carbocycles. The van der Waals surface area contributed by atoms with Gasteiger partial charge < -0.3 is 4.74 Å². The lowest BCUT2D eigenvalue weighted by Gasteiger charge is -2.08. The molecule has 0 radical (unpaired) electrons. The van der Waals surface area contributed by atoms with Crippen molar-refractivity contribution in [2.75, 3.05) is 0 Å². The first-order valence-electron chi connectivity index (χ1n) is 5.80. The summed E-state index contributed by atoms with van der Waals surface area (Å²) in [7, 11) is 0. The molecule has 104 valence electrons. The van der Waals surface area contributed by atoms with Crippen LogP contribution in [0.4, 0.5) is 14.5 Å². The highest BCUT2D eigenvalue weighted by Gasteiger charge is 2.14. The number of ether oxygens (including phenoxy) is 1. The quantitative estimate of drug-likeness (QED) is 0.632. The second kappa shape index (κ2) is 5.64. The van der Waals surface area contributed by atoms with Crippen LogP contribution in [0.2, 0.25) is 0 Å². The van der Waals surface area contributed by atoms with Gasteiger partial charge in [-0.25, -0.2) is 4.39 Å². The summed E-state index contributed by atoms with van der Waals surface area (Å²) in [6.07, 6.45) is 0. The molecule has 0 unspecified atom stereocenters. The maximum absolute atomic E-state index is 13.7. The molecule has 2 rings (SSSR count). The Labute approximate surface area is 113 Å². The van der Waals surface area contributed by atoms with E-state index < -0.39 is 22.2 Å². The lowest BCUT2D eigenvalue weighted by atomic mass is 10.2. The highest BCUT2D eigenvalue weighted by atomic mass is 19.1. The fraction of sp³-hybridized carbons (Fsp3) is 0.143. The Morgan fingerprint density at radius 3 is 2.65 bits per heavy atom. The molecule has 0 aromatic heterocycles. The number of rotatable bonds is 4. The van der Waals surface area contributed by atoms with Crippen LogP contribution >= 0.6 is 0 Å². The van der Waals surface area contributed by atoms with Crippen molar-refractivity contribution >= 4 is 5.69 Å². The number of nitrogens with zero attached hydrogens (tertiary/aromatic N) is 1. The smallest absolute Gasteiger partial charge is 0.304 e. The van der Waals surface area contributed by atoms with Gasteiger partial charge in [0.15, 0.2) is 11.6 Å². The van der Waals surface area contributed by atoms with Gasteiger partial charge in [-0.3, -0.25) is 10.1 Å². The van der Waals surface area contributed by atoms with Gasteiger partial charge in [-0.15, -0.1) is 0 Å². The Balaban J connectivity index is 2.13. The van der Waals surface area contributed by atoms with Crippen molar-refractivity contribution in [3.05, 3.63) is 69.3 Å². The first-order chi connectivity index (χ1) is 9.49. The maximum atomic E-state index is 13.7. The van der Waals surface area contributed by atoms with Crippen LogP contribution in [-0.4, -0.2) is 4.92 Å². The summed E-state index contributed by atoms with van der Waals surface area (Å²) in [5.74, 6) is -1.36. The predicted octanol–water partition coefficient (Wildman–Crippen LogP) is 3.76. The average Bonchev–Trinajstić information content (AvgIpc) is 2.40. The van der Waals surface area contributed by atoms with Crippen LogP contribution in [0.1, 0.15) is 11.1 Å². The maximum Gasteiger partial charge on any atom is 0.304 e. The molecule has 2 aromatic carbocycles. The van der Waals surface area contributed by atoms with Crippen LogP contribution in [0.5, 0.6) is 5.75 Å². The minimum atomic E-state index is -0.944. The molecule has 0 N–H and O–H groups in total. The number of aryl methyl sites for hydroxylation is 1. The van der Waals surface area contributed by atoms with Crippen molar-refractivity contribution < 1.29 is 18.4 Å². The van der Waals surface area contributed by atoms with E-state index in [2.05, 4.69) is 0 Å². The van der Waals surface area contributed by atoms with Crippen molar-refractivity contribution in [2.45, 2.75) is 13.5 Å². The summed E-state index contributed by atoms with van der Waals surface area (Å²) in [4.78, 5) is 9.67. The van der Waals surface area contributed by atoms with Gasteiger partial charge in [0.2, 0.25) is 5.82 Å². The van der Waals surface area contributed by atoms with E-state index in [0.29, 0.717) is 11.1 Å². The third-order valence-corrected chi connectivity index (χ3v) is 2.76. The Morgan fingerprint density at radius 1 is 1.25 bits per heavy atom. The molecule has 4 nitrogen and oxygen atoms in total. The fourth-order valence-corrected chi connectivity index (χ4v) is 1.68. The fourth-order valence-electron chi connectivity index (χ4n) is 1.68. The third kappa shape index (κ3) is 2.90. The van der Waals surface area contributed by atoms with E-state index >= 15 is 0 Å². The van der Waals surface area contributed by atoms with Crippen molar-refractivity contribution in [3.8, 4) is 5.75 Å². The molecule has 2 aromatic rings. The zero-order chi connectivity index (χ0) is 14.7. The van der Waals surface area contributed by atoms with Gasteiger partial charge in [-0.1, -0.05) is 12.1 Å². The average molecular weight is 279 g/mol. The van der Waals surface area contributed by atoms with Crippen molar-refractivity contribution in [3.63, 3.8) is 0 Å². The van der Waals surface area contributed by atoms with E-state index in [-0.39, 0.29) is 12.4 Å². The van der Waals surface area contributed by atoms with Crippen LogP contribution in [0.3, 0.4) is 0 Å². The summed E-state index contributed by atoms with van der Waals surface area (Å²) in [5, 5.41) is 10.5. The molecule has 0 atom stereocenters. The summed E-state index contributed by atoms with van der Waals surface area (Å²) in [6.45, 7) is 1.53. The summed E-state index contributed by atoms with van der Waals surface area (Å²) >= 11 is 0. The molecule has 20 heavy (non-hydrogen) atoms. The monoisotopic (exact) mass is 279 g/mol. The zero-order valence-corrected chi connectivity index (χ0v) is 10.6. The molecular weight excluding hydrogens is 268 g/mol. The third-order valence-electron chi connectivity index (χ3n) is 2.76. The SMILES string of the molecule is Cc1cccc(OCc2ccc([N+](=O)[O-])c(F)c2)c1F. The molecule has 0 saturated carbocycles. The van der Waals surface area contributed by atoms with Gasteiger partial charge in [-0.05, 0) is 36.2 Å². The normalized spacial score (nSPS) is 10.3. The van der Waals surface area contributed by atoms with Crippen LogP contribution < -0.4 is 4.74 Å². The standard InChI is InChI=1S/C14H11F2NO3/c1-9-3-2-4-13(14(9)16)20-8-10-5-6-12(17(18)19)11(15)7-10/h2-7H,8H2,1H3. The van der Waals surface area contributed by atoms with E-state index in [1.807, 2.05) is 0 Å². The van der Waals surface area contributed by atoms with Crippen molar-refractivity contribution in [2.24, 2.45) is 0 Å². The Morgan fingerprint density at radius 2 is 2.00 bits per heavy atom. The number of nitro groups is 1. The number of hydrogen-bond donors (Lipinski definition) is 0. The molecule has 0 fully saturated rings. The van der Waals surface area contributed by atoms with E-state index in [4.69, 9.17) is 4.74 Å². The van der Waals surface area contributed by atoms with Crippen molar-refractivity contribution in [1.29, 1.82) is 0 Å². The minimum absolute atomic E-state index is 0.0590. The van der Waals surface area contributed by atoms with Gasteiger partial charge >= 0.3 is 5.69 Å². The second-order valence-electron chi connectivity index (χ2n) is 4.22. The van der Waals surface area contributed by atoms with E-state index in [1.165, 1.54) is 12.1 Å². The molecule has 0 saturated heterocycles. The van der Waals surface area contributed by atoms with Crippen LogP contribution in [0, 0.1) is 28.7 Å². The first kappa shape index (κ1) is 13.9. The number of nitro benzene ring substituents is 1. The van der Waals surface area contributed by atoms with E-state index in [1.54, 1.807) is 19.1 Å². The van der Waals surface area contributed by atoms with E-state index in [0.717, 1.165) is 12.1 Å². The number of halogens is 2. The molecule has 0 aliphatic heterocycles. The molecule has 0 spiro atoms. The molecule has 0 aliphatic rings. The second-order valence-corrected chi connectivity index (χ2v) is 4.22. The lowest BCUT2D eigenvalue weighted by molar-refractivity contribution is -0.387. The van der Waals surface area contributed by atoms with Crippen molar-refractivity contribution in [1.82, 2.24) is 0 Å². The Kier molecular flexibility index (Phi) is 3.93. The summed E-state index contributed by atoms with van der Waals surface area (Å²) < 4.78 is 32.3. The first-order valence-corrected chi connectivity index (χ1v) is 5.80. The molecular formula is C14H11F2NO3. The van der Waals surface area contributed by atoms with Gasteiger partial charge in [0.1, 0.15) is 6.61 Å². The van der Waals surface area contributed by atoms with Crippen LogP contribution in [-0.2, 0) is 6.61 Å².